The third-order valence-electron chi connectivity index (χ3n) is 0.632. The highest BCUT2D eigenvalue weighted by molar-refractivity contribution is 5.02. The summed E-state index contributed by atoms with van der Waals surface area (Å²) in [6.07, 6.45) is 8.68. The largest absolute Gasteiger partial charge is 0.387 e. The molecule has 0 saturated heterocycles. The van der Waals surface area contributed by atoms with Gasteiger partial charge in [-0.2, -0.15) is 0 Å². The van der Waals surface area contributed by atoms with Gasteiger partial charge in [0, 0.05) is 6.54 Å². The summed E-state index contributed by atoms with van der Waals surface area (Å²) < 4.78 is 0. The Kier molecular flexibility index (Phi) is 0.955. The summed E-state index contributed by atoms with van der Waals surface area (Å²) >= 11 is 0. The van der Waals surface area contributed by atoms with Gasteiger partial charge in [0.25, 0.3) is 0 Å². The van der Waals surface area contributed by atoms with Crippen LogP contribution in [0.2, 0.25) is 0 Å². The van der Waals surface area contributed by atoms with E-state index in [2.05, 4.69) is 11.4 Å². The van der Waals surface area contributed by atoms with Crippen LogP contribution in [0.1, 0.15) is 0 Å². The lowest BCUT2D eigenvalue weighted by Gasteiger charge is -1.93. The SMILES string of the molecule is [C]1=CC=CNC1. The molecule has 1 heteroatoms. The summed E-state index contributed by atoms with van der Waals surface area (Å²) in [5, 5.41) is 2.96. The lowest BCUT2D eigenvalue weighted by Crippen LogP contribution is -2.05. The molecule has 0 atom stereocenters. The first-order valence-electron chi connectivity index (χ1n) is 1.95. The molecule has 0 bridgehead atoms. The van der Waals surface area contributed by atoms with Crippen LogP contribution < -0.4 is 5.32 Å². The molecule has 0 amide bonds. The molecule has 1 N–H and O–H groups in total. The van der Waals surface area contributed by atoms with Crippen LogP contribution >= 0.6 is 0 Å². The monoisotopic (exact) mass is 80.1 g/mol. The Morgan fingerprint density at radius 3 is 2.83 bits per heavy atom. The topological polar surface area (TPSA) is 12.0 Å². The van der Waals surface area contributed by atoms with Crippen LogP contribution in [0.4, 0.5) is 0 Å². The van der Waals surface area contributed by atoms with Crippen LogP contribution in [0.5, 0.6) is 0 Å². The van der Waals surface area contributed by atoms with Crippen molar-refractivity contribution >= 4 is 0 Å². The number of hydrogen-bond donors (Lipinski definition) is 1. The summed E-state index contributed by atoms with van der Waals surface area (Å²) in [5.74, 6) is 0. The van der Waals surface area contributed by atoms with Gasteiger partial charge in [-0.15, -0.1) is 0 Å². The summed E-state index contributed by atoms with van der Waals surface area (Å²) in [6, 6.07) is 0. The number of dihydropyridines is 1. The van der Waals surface area contributed by atoms with Crippen molar-refractivity contribution in [1.29, 1.82) is 0 Å². The van der Waals surface area contributed by atoms with Gasteiger partial charge in [0.15, 0.2) is 0 Å². The van der Waals surface area contributed by atoms with E-state index >= 15 is 0 Å². The molecule has 0 fully saturated rings. The minimum Gasteiger partial charge on any atom is -0.387 e. The molecule has 1 aliphatic heterocycles. The van der Waals surface area contributed by atoms with E-state index in [4.69, 9.17) is 0 Å². The molecule has 31 valence electrons. The van der Waals surface area contributed by atoms with Crippen molar-refractivity contribution in [2.45, 2.75) is 0 Å². The van der Waals surface area contributed by atoms with Crippen molar-refractivity contribution in [3.63, 3.8) is 0 Å². The summed E-state index contributed by atoms with van der Waals surface area (Å²) in [6.45, 7) is 0.858. The maximum Gasteiger partial charge on any atom is 0.0398 e. The third kappa shape index (κ3) is 0.612. The molecule has 0 saturated carbocycles. The van der Waals surface area contributed by atoms with E-state index in [-0.39, 0.29) is 0 Å². The van der Waals surface area contributed by atoms with Crippen molar-refractivity contribution in [3.05, 3.63) is 24.4 Å². The first kappa shape index (κ1) is 3.47. The standard InChI is InChI=1S/C5H6N/c1-2-4-6-5-3-1/h1-2,4,6H,5H2. The van der Waals surface area contributed by atoms with Crippen molar-refractivity contribution in [2.24, 2.45) is 0 Å². The van der Waals surface area contributed by atoms with Gasteiger partial charge in [-0.25, -0.2) is 0 Å². The highest BCUT2D eigenvalue weighted by atomic mass is 14.8. The molecule has 1 nitrogen and oxygen atoms in total. The Morgan fingerprint density at radius 1 is 1.67 bits per heavy atom. The van der Waals surface area contributed by atoms with E-state index in [1.807, 2.05) is 18.4 Å². The molecular formula is C5H6N. The minimum atomic E-state index is 0.858. The molecule has 1 rings (SSSR count). The number of rotatable bonds is 0. The second-order valence-corrected chi connectivity index (χ2v) is 1.11. The highest BCUT2D eigenvalue weighted by Crippen LogP contribution is 1.77. The molecule has 0 aromatic carbocycles. The molecule has 6 heavy (non-hydrogen) atoms. The van der Waals surface area contributed by atoms with Gasteiger partial charge >= 0.3 is 0 Å². The average Bonchev–Trinajstić information content (AvgIpc) is 1.72. The summed E-state index contributed by atoms with van der Waals surface area (Å²) in [7, 11) is 0. The third-order valence-corrected chi connectivity index (χ3v) is 0.632. The molecule has 0 aromatic rings. The highest BCUT2D eigenvalue weighted by Gasteiger charge is 1.74. The Bertz CT molecular complexity index is 69.9. The molecular weight excluding hydrogens is 74.1 g/mol. The van der Waals surface area contributed by atoms with Gasteiger partial charge in [-0.1, -0.05) is 6.08 Å². The Hall–Kier alpha value is -0.720. The zero-order chi connectivity index (χ0) is 4.24. The lowest BCUT2D eigenvalue weighted by atomic mass is 10.4. The second-order valence-electron chi connectivity index (χ2n) is 1.11. The fraction of sp³-hybridized carbons (Fsp3) is 0.200. The van der Waals surface area contributed by atoms with Crippen LogP contribution in [-0.2, 0) is 0 Å². The van der Waals surface area contributed by atoms with Crippen LogP contribution in [-0.4, -0.2) is 6.54 Å². The first-order chi connectivity index (χ1) is 3.00. The zero-order valence-corrected chi connectivity index (χ0v) is 3.44. The minimum absolute atomic E-state index is 0.858. The van der Waals surface area contributed by atoms with Gasteiger partial charge in [-0.3, -0.25) is 0 Å². The van der Waals surface area contributed by atoms with Crippen molar-refractivity contribution in [3.8, 4) is 0 Å². The van der Waals surface area contributed by atoms with Gasteiger partial charge < -0.3 is 5.32 Å². The molecule has 0 spiro atoms. The van der Waals surface area contributed by atoms with Crippen molar-refractivity contribution in [2.75, 3.05) is 6.54 Å². The van der Waals surface area contributed by atoms with Crippen LogP contribution in [0.15, 0.2) is 18.4 Å². The van der Waals surface area contributed by atoms with Gasteiger partial charge in [0.1, 0.15) is 0 Å². The number of allylic oxidation sites excluding steroid dienone is 2. The molecule has 1 heterocycles. The van der Waals surface area contributed by atoms with E-state index in [0.29, 0.717) is 0 Å². The summed E-state index contributed by atoms with van der Waals surface area (Å²) in [4.78, 5) is 0. The van der Waals surface area contributed by atoms with Crippen LogP contribution in [0, 0.1) is 6.08 Å². The molecule has 0 aliphatic carbocycles. The van der Waals surface area contributed by atoms with Gasteiger partial charge in [0.2, 0.25) is 0 Å². The summed E-state index contributed by atoms with van der Waals surface area (Å²) in [5.41, 5.74) is 0. The molecule has 1 aliphatic rings. The molecule has 0 unspecified atom stereocenters. The lowest BCUT2D eigenvalue weighted by molar-refractivity contribution is 0.954. The maximum absolute atomic E-state index is 2.96. The van der Waals surface area contributed by atoms with E-state index in [1.165, 1.54) is 0 Å². The van der Waals surface area contributed by atoms with E-state index in [0.717, 1.165) is 6.54 Å². The zero-order valence-electron chi connectivity index (χ0n) is 3.44. The quantitative estimate of drug-likeness (QED) is 0.446. The van der Waals surface area contributed by atoms with Crippen LogP contribution in [0.25, 0.3) is 0 Å². The van der Waals surface area contributed by atoms with E-state index in [9.17, 15) is 0 Å². The van der Waals surface area contributed by atoms with Gasteiger partial charge in [0.05, 0.1) is 0 Å². The van der Waals surface area contributed by atoms with E-state index < -0.39 is 0 Å². The van der Waals surface area contributed by atoms with Crippen LogP contribution in [0.3, 0.4) is 0 Å². The second kappa shape index (κ2) is 1.65. The maximum atomic E-state index is 2.96. The van der Waals surface area contributed by atoms with Crippen molar-refractivity contribution < 1.29 is 0 Å². The normalized spacial score (nSPS) is 17.3. The Labute approximate surface area is 37.4 Å². The number of nitrogens with one attached hydrogen (secondary N) is 1. The number of hydrogen-bond acceptors (Lipinski definition) is 1. The molecule has 1 radical (unpaired) electrons. The Morgan fingerprint density at radius 2 is 2.67 bits per heavy atom. The average molecular weight is 80.1 g/mol. The Balaban J connectivity index is 2.46. The smallest absolute Gasteiger partial charge is 0.0398 e. The predicted octanol–water partition coefficient (Wildman–Crippen LogP) is 0.463. The van der Waals surface area contributed by atoms with Gasteiger partial charge in [-0.05, 0) is 18.4 Å². The van der Waals surface area contributed by atoms with Crippen molar-refractivity contribution in [1.82, 2.24) is 5.32 Å². The fourth-order valence-corrected chi connectivity index (χ4v) is 0.361. The van der Waals surface area contributed by atoms with E-state index in [1.54, 1.807) is 0 Å². The molecule has 0 aromatic heterocycles. The fourth-order valence-electron chi connectivity index (χ4n) is 0.361. The first-order valence-corrected chi connectivity index (χ1v) is 1.95. The predicted molar refractivity (Wildman–Crippen MR) is 25.0 cm³/mol.